The molecule has 0 bridgehead atoms. The van der Waals surface area contributed by atoms with Crippen LogP contribution in [0.5, 0.6) is 0 Å². The summed E-state index contributed by atoms with van der Waals surface area (Å²) in [6.07, 6.45) is 0. The van der Waals surface area contributed by atoms with Gasteiger partial charge in [-0.05, 0) is 20.8 Å². The van der Waals surface area contributed by atoms with Gasteiger partial charge >= 0.3 is 0 Å². The molecule has 74 valence electrons. The molecule has 0 saturated carbocycles. The van der Waals surface area contributed by atoms with E-state index < -0.39 is 0 Å². The lowest BCUT2D eigenvalue weighted by molar-refractivity contribution is 0.860. The van der Waals surface area contributed by atoms with Crippen LogP contribution in [0.15, 0.2) is 9.59 Å². The second-order valence-electron chi connectivity index (χ2n) is 3.43. The number of nitrogens with zero attached hydrogens (tertiary/aromatic N) is 1. The minimum atomic E-state index is -0.233. The van der Waals surface area contributed by atoms with Gasteiger partial charge in [0.1, 0.15) is 5.65 Å². The van der Waals surface area contributed by atoms with Crippen molar-refractivity contribution >= 4 is 5.65 Å². The van der Waals surface area contributed by atoms with E-state index >= 15 is 0 Å². The summed E-state index contributed by atoms with van der Waals surface area (Å²) in [7, 11) is 0. The zero-order chi connectivity index (χ0) is 10.5. The van der Waals surface area contributed by atoms with Crippen LogP contribution < -0.4 is 11.1 Å². The monoisotopic (exact) mass is 193 g/mol. The number of fused-ring (bicyclic) bond motifs is 1. The van der Waals surface area contributed by atoms with Crippen molar-refractivity contribution in [1.82, 2.24) is 14.6 Å². The van der Waals surface area contributed by atoms with Crippen LogP contribution >= 0.6 is 0 Å². The van der Waals surface area contributed by atoms with Crippen molar-refractivity contribution in [2.45, 2.75) is 20.8 Å². The number of nitrogens with one attached hydrogen (secondary N) is 2. The summed E-state index contributed by atoms with van der Waals surface area (Å²) in [5.41, 5.74) is 2.07. The molecular weight excluding hydrogens is 182 g/mol. The molecule has 0 atom stereocenters. The predicted octanol–water partition coefficient (Wildman–Crippen LogP) is 0.241. The summed E-state index contributed by atoms with van der Waals surface area (Å²) < 4.78 is 1.25. The minimum absolute atomic E-state index is 0.179. The molecule has 0 spiro atoms. The van der Waals surface area contributed by atoms with E-state index in [1.807, 2.05) is 6.92 Å². The van der Waals surface area contributed by atoms with Gasteiger partial charge in [0.05, 0.1) is 5.56 Å². The summed E-state index contributed by atoms with van der Waals surface area (Å²) in [6, 6.07) is 0. The lowest BCUT2D eigenvalue weighted by atomic mass is 10.2. The molecule has 5 nitrogen and oxygen atoms in total. The van der Waals surface area contributed by atoms with Crippen LogP contribution in [0.25, 0.3) is 5.65 Å². The third-order valence-corrected chi connectivity index (χ3v) is 2.53. The van der Waals surface area contributed by atoms with E-state index in [2.05, 4.69) is 10.1 Å². The Morgan fingerprint density at radius 1 is 1.07 bits per heavy atom. The van der Waals surface area contributed by atoms with Crippen LogP contribution in [0.3, 0.4) is 0 Å². The molecule has 14 heavy (non-hydrogen) atoms. The Morgan fingerprint density at radius 3 is 2.36 bits per heavy atom. The summed E-state index contributed by atoms with van der Waals surface area (Å²) in [4.78, 5) is 26.0. The molecular formula is C9H11N3O2. The summed E-state index contributed by atoms with van der Waals surface area (Å²) >= 11 is 0. The molecule has 0 aromatic carbocycles. The number of H-pyrrole nitrogens is 2. The Kier molecular flexibility index (Phi) is 1.64. The molecule has 2 aromatic heterocycles. The zero-order valence-electron chi connectivity index (χ0n) is 8.26. The number of hydrogen-bond acceptors (Lipinski definition) is 2. The SMILES string of the molecule is Cc1[nH]c2c(C)c(=O)[nH]n2c(=O)c1C. The average Bonchev–Trinajstić information content (AvgIpc) is 2.42. The second-order valence-corrected chi connectivity index (χ2v) is 3.43. The van der Waals surface area contributed by atoms with Crippen molar-refractivity contribution in [3.63, 3.8) is 0 Å². The van der Waals surface area contributed by atoms with E-state index in [-0.39, 0.29) is 11.1 Å². The highest BCUT2D eigenvalue weighted by Gasteiger charge is 2.09. The van der Waals surface area contributed by atoms with E-state index in [1.165, 1.54) is 4.52 Å². The molecule has 0 saturated heterocycles. The fraction of sp³-hybridized carbons (Fsp3) is 0.333. The molecule has 0 unspecified atom stereocenters. The van der Waals surface area contributed by atoms with Crippen LogP contribution in [0.2, 0.25) is 0 Å². The fourth-order valence-electron chi connectivity index (χ4n) is 1.42. The molecule has 0 amide bonds. The van der Waals surface area contributed by atoms with E-state index in [0.717, 1.165) is 5.69 Å². The molecule has 0 aliphatic heterocycles. The third kappa shape index (κ3) is 0.951. The molecule has 2 heterocycles. The Balaban J connectivity index is 3.14. The molecule has 2 N–H and O–H groups in total. The van der Waals surface area contributed by atoms with Gasteiger partial charge in [0.15, 0.2) is 0 Å². The average molecular weight is 193 g/mol. The molecule has 0 fully saturated rings. The predicted molar refractivity (Wildman–Crippen MR) is 52.8 cm³/mol. The van der Waals surface area contributed by atoms with Gasteiger partial charge in [-0.3, -0.25) is 14.7 Å². The second kappa shape index (κ2) is 2.60. The lowest BCUT2D eigenvalue weighted by Crippen LogP contribution is -2.20. The highest BCUT2D eigenvalue weighted by Crippen LogP contribution is 2.02. The maximum Gasteiger partial charge on any atom is 0.275 e. The zero-order valence-corrected chi connectivity index (χ0v) is 8.26. The van der Waals surface area contributed by atoms with Gasteiger partial charge < -0.3 is 4.98 Å². The Morgan fingerprint density at radius 2 is 1.71 bits per heavy atom. The first-order valence-corrected chi connectivity index (χ1v) is 4.33. The number of aromatic amines is 2. The highest BCUT2D eigenvalue weighted by atomic mass is 16.1. The van der Waals surface area contributed by atoms with Crippen LogP contribution in [-0.4, -0.2) is 14.6 Å². The van der Waals surface area contributed by atoms with Crippen molar-refractivity contribution in [2.24, 2.45) is 0 Å². The number of aryl methyl sites for hydroxylation is 2. The first-order valence-electron chi connectivity index (χ1n) is 4.33. The third-order valence-electron chi connectivity index (χ3n) is 2.53. The van der Waals surface area contributed by atoms with Crippen LogP contribution in [-0.2, 0) is 0 Å². The standard InChI is InChI=1S/C9H11N3O2/c1-4-6(3)10-7-5(2)8(13)11-12(7)9(4)14/h10H,1-3H3,(H,11,13). The van der Waals surface area contributed by atoms with Crippen molar-refractivity contribution in [1.29, 1.82) is 0 Å². The first kappa shape index (κ1) is 8.80. The van der Waals surface area contributed by atoms with Gasteiger partial charge in [-0.15, -0.1) is 0 Å². The molecule has 2 aromatic rings. The van der Waals surface area contributed by atoms with Crippen molar-refractivity contribution in [2.75, 3.05) is 0 Å². The maximum atomic E-state index is 11.7. The van der Waals surface area contributed by atoms with E-state index in [0.29, 0.717) is 16.8 Å². The number of rotatable bonds is 0. The van der Waals surface area contributed by atoms with Gasteiger partial charge in [-0.1, -0.05) is 0 Å². The van der Waals surface area contributed by atoms with Gasteiger partial charge in [-0.2, -0.15) is 4.52 Å². The number of hydrogen-bond donors (Lipinski definition) is 2. The molecule has 2 rings (SSSR count). The van der Waals surface area contributed by atoms with Crippen LogP contribution in [0.4, 0.5) is 0 Å². The largest absolute Gasteiger partial charge is 0.343 e. The van der Waals surface area contributed by atoms with E-state index in [4.69, 9.17) is 0 Å². The highest BCUT2D eigenvalue weighted by molar-refractivity contribution is 5.46. The summed E-state index contributed by atoms with van der Waals surface area (Å²) in [5, 5.41) is 2.48. The van der Waals surface area contributed by atoms with Crippen molar-refractivity contribution in [3.8, 4) is 0 Å². The first-order chi connectivity index (χ1) is 6.52. The van der Waals surface area contributed by atoms with Gasteiger partial charge in [-0.25, -0.2) is 0 Å². The summed E-state index contributed by atoms with van der Waals surface area (Å²) in [5.74, 6) is 0. The lowest BCUT2D eigenvalue weighted by Gasteiger charge is -2.01. The molecule has 0 radical (unpaired) electrons. The maximum absolute atomic E-state index is 11.7. The summed E-state index contributed by atoms with van der Waals surface area (Å²) in [6.45, 7) is 5.22. The fourth-order valence-corrected chi connectivity index (χ4v) is 1.42. The van der Waals surface area contributed by atoms with E-state index in [9.17, 15) is 9.59 Å². The van der Waals surface area contributed by atoms with Gasteiger partial charge in [0, 0.05) is 11.3 Å². The smallest absolute Gasteiger partial charge is 0.275 e. The molecule has 5 heteroatoms. The van der Waals surface area contributed by atoms with Crippen molar-refractivity contribution in [3.05, 3.63) is 37.5 Å². The Bertz CT molecular complexity index is 615. The van der Waals surface area contributed by atoms with Gasteiger partial charge in [0.25, 0.3) is 11.1 Å². The molecule has 0 aliphatic carbocycles. The van der Waals surface area contributed by atoms with Crippen LogP contribution in [0.1, 0.15) is 16.8 Å². The number of aromatic nitrogens is 3. The van der Waals surface area contributed by atoms with Crippen molar-refractivity contribution < 1.29 is 0 Å². The van der Waals surface area contributed by atoms with Crippen LogP contribution in [0, 0.1) is 20.8 Å². The van der Waals surface area contributed by atoms with Gasteiger partial charge in [0.2, 0.25) is 0 Å². The topological polar surface area (TPSA) is 70.1 Å². The Labute approximate surface area is 79.4 Å². The molecule has 0 aliphatic rings. The minimum Gasteiger partial charge on any atom is -0.343 e. The Hall–Kier alpha value is -1.78. The normalized spacial score (nSPS) is 11.1. The van der Waals surface area contributed by atoms with E-state index in [1.54, 1.807) is 13.8 Å². The quantitative estimate of drug-likeness (QED) is 0.629.